The van der Waals surface area contributed by atoms with Crippen LogP contribution in [0.3, 0.4) is 0 Å². The van der Waals surface area contributed by atoms with Crippen molar-refractivity contribution in [1.82, 2.24) is 4.90 Å². The van der Waals surface area contributed by atoms with Crippen LogP contribution in [0.15, 0.2) is 18.2 Å². The van der Waals surface area contributed by atoms with Crippen LogP contribution < -0.4 is 5.73 Å². The summed E-state index contributed by atoms with van der Waals surface area (Å²) in [5.74, 6) is -0.679. The van der Waals surface area contributed by atoms with Crippen LogP contribution in [0.25, 0.3) is 0 Å². The van der Waals surface area contributed by atoms with E-state index in [1.165, 1.54) is 6.07 Å². The van der Waals surface area contributed by atoms with Gasteiger partial charge in [0, 0.05) is 19.1 Å². The minimum atomic E-state index is -0.423. The number of hydrogen-bond donors (Lipinski definition) is 1. The van der Waals surface area contributed by atoms with Crippen LogP contribution >= 0.6 is 0 Å². The van der Waals surface area contributed by atoms with Crippen molar-refractivity contribution < 1.29 is 9.18 Å². The SMILES string of the molecule is Cc1cccc(C(=O)N2CCC(N)C2)c1F. The summed E-state index contributed by atoms with van der Waals surface area (Å²) in [5, 5.41) is 0. The maximum absolute atomic E-state index is 13.7. The first-order chi connectivity index (χ1) is 7.59. The number of rotatable bonds is 1. The molecule has 1 atom stereocenters. The van der Waals surface area contributed by atoms with E-state index in [2.05, 4.69) is 0 Å². The molecule has 1 saturated heterocycles. The van der Waals surface area contributed by atoms with Gasteiger partial charge >= 0.3 is 0 Å². The van der Waals surface area contributed by atoms with Crippen molar-refractivity contribution in [2.24, 2.45) is 5.73 Å². The van der Waals surface area contributed by atoms with Gasteiger partial charge in [-0.1, -0.05) is 12.1 Å². The molecular formula is C12H15FN2O. The van der Waals surface area contributed by atoms with Gasteiger partial charge in [0.05, 0.1) is 5.56 Å². The zero-order valence-corrected chi connectivity index (χ0v) is 9.24. The molecule has 3 nitrogen and oxygen atoms in total. The first-order valence-electron chi connectivity index (χ1n) is 5.39. The molecule has 1 fully saturated rings. The number of likely N-dealkylation sites (tertiary alicyclic amines) is 1. The number of aryl methyl sites for hydroxylation is 1. The summed E-state index contributed by atoms with van der Waals surface area (Å²) < 4.78 is 13.7. The molecule has 0 radical (unpaired) electrons. The predicted molar refractivity (Wildman–Crippen MR) is 59.6 cm³/mol. The lowest BCUT2D eigenvalue weighted by Crippen LogP contribution is -2.32. The van der Waals surface area contributed by atoms with E-state index in [0.29, 0.717) is 18.7 Å². The van der Waals surface area contributed by atoms with Crippen molar-refractivity contribution in [1.29, 1.82) is 0 Å². The number of nitrogens with two attached hydrogens (primary N) is 1. The molecule has 0 bridgehead atoms. The highest BCUT2D eigenvalue weighted by Gasteiger charge is 2.26. The molecule has 1 amide bonds. The summed E-state index contributed by atoms with van der Waals surface area (Å²) in [6, 6.07) is 4.90. The molecule has 1 aliphatic rings. The van der Waals surface area contributed by atoms with E-state index in [0.717, 1.165) is 6.42 Å². The van der Waals surface area contributed by atoms with Crippen LogP contribution in [-0.2, 0) is 0 Å². The molecule has 1 heterocycles. The zero-order chi connectivity index (χ0) is 11.7. The molecular weight excluding hydrogens is 207 g/mol. The first kappa shape index (κ1) is 11.1. The van der Waals surface area contributed by atoms with Crippen molar-refractivity contribution >= 4 is 5.91 Å². The fourth-order valence-corrected chi connectivity index (χ4v) is 1.95. The Hall–Kier alpha value is -1.42. The van der Waals surface area contributed by atoms with Gasteiger partial charge in [0.25, 0.3) is 5.91 Å². The molecule has 1 aliphatic heterocycles. The third kappa shape index (κ3) is 1.93. The minimum Gasteiger partial charge on any atom is -0.337 e. The predicted octanol–water partition coefficient (Wildman–Crippen LogP) is 1.31. The molecule has 0 spiro atoms. The number of halogens is 1. The normalized spacial score (nSPS) is 20.2. The fourth-order valence-electron chi connectivity index (χ4n) is 1.95. The second kappa shape index (κ2) is 4.22. The average Bonchev–Trinajstić information content (AvgIpc) is 2.68. The Balaban J connectivity index is 2.24. The Kier molecular flexibility index (Phi) is 2.92. The second-order valence-corrected chi connectivity index (χ2v) is 4.24. The van der Waals surface area contributed by atoms with Crippen molar-refractivity contribution in [2.45, 2.75) is 19.4 Å². The number of nitrogens with zero attached hydrogens (tertiary/aromatic N) is 1. The molecule has 1 aromatic rings. The third-order valence-electron chi connectivity index (χ3n) is 2.93. The van der Waals surface area contributed by atoms with Crippen LogP contribution in [0.1, 0.15) is 22.3 Å². The number of amides is 1. The number of hydrogen-bond acceptors (Lipinski definition) is 2. The summed E-state index contributed by atoms with van der Waals surface area (Å²) in [4.78, 5) is 13.6. The van der Waals surface area contributed by atoms with E-state index >= 15 is 0 Å². The third-order valence-corrected chi connectivity index (χ3v) is 2.93. The molecule has 0 aromatic heterocycles. The second-order valence-electron chi connectivity index (χ2n) is 4.24. The van der Waals surface area contributed by atoms with E-state index in [1.54, 1.807) is 24.0 Å². The quantitative estimate of drug-likeness (QED) is 0.778. The molecule has 2 N–H and O–H groups in total. The van der Waals surface area contributed by atoms with Gasteiger partial charge in [0.1, 0.15) is 5.82 Å². The molecule has 1 aromatic carbocycles. The van der Waals surface area contributed by atoms with E-state index in [4.69, 9.17) is 5.73 Å². The summed E-state index contributed by atoms with van der Waals surface area (Å²) in [6.07, 6.45) is 0.791. The number of benzene rings is 1. The highest BCUT2D eigenvalue weighted by molar-refractivity contribution is 5.94. The highest BCUT2D eigenvalue weighted by atomic mass is 19.1. The molecule has 16 heavy (non-hydrogen) atoms. The van der Waals surface area contributed by atoms with Gasteiger partial charge in [-0.25, -0.2) is 4.39 Å². The molecule has 4 heteroatoms. The van der Waals surface area contributed by atoms with Crippen LogP contribution in [0.2, 0.25) is 0 Å². The van der Waals surface area contributed by atoms with Gasteiger partial charge in [-0.3, -0.25) is 4.79 Å². The van der Waals surface area contributed by atoms with Gasteiger partial charge in [-0.05, 0) is 25.0 Å². The summed E-state index contributed by atoms with van der Waals surface area (Å²) >= 11 is 0. The van der Waals surface area contributed by atoms with E-state index in [-0.39, 0.29) is 17.5 Å². The Morgan fingerprint density at radius 3 is 2.94 bits per heavy atom. The Morgan fingerprint density at radius 2 is 2.31 bits per heavy atom. The largest absolute Gasteiger partial charge is 0.337 e. The van der Waals surface area contributed by atoms with Crippen LogP contribution in [0.5, 0.6) is 0 Å². The summed E-state index contributed by atoms with van der Waals surface area (Å²) in [6.45, 7) is 2.79. The maximum Gasteiger partial charge on any atom is 0.256 e. The minimum absolute atomic E-state index is 0.0248. The van der Waals surface area contributed by atoms with Crippen LogP contribution in [0.4, 0.5) is 4.39 Å². The Bertz CT molecular complexity index is 419. The topological polar surface area (TPSA) is 46.3 Å². The smallest absolute Gasteiger partial charge is 0.256 e. The zero-order valence-electron chi connectivity index (χ0n) is 9.24. The van der Waals surface area contributed by atoms with E-state index in [9.17, 15) is 9.18 Å². The van der Waals surface area contributed by atoms with Crippen molar-refractivity contribution in [3.63, 3.8) is 0 Å². The Morgan fingerprint density at radius 1 is 1.56 bits per heavy atom. The lowest BCUT2D eigenvalue weighted by Gasteiger charge is -2.16. The van der Waals surface area contributed by atoms with Gasteiger partial charge in [0.15, 0.2) is 0 Å². The molecule has 2 rings (SSSR count). The molecule has 1 unspecified atom stereocenters. The van der Waals surface area contributed by atoms with E-state index in [1.807, 2.05) is 0 Å². The summed E-state index contributed by atoms with van der Waals surface area (Å²) in [7, 11) is 0. The van der Waals surface area contributed by atoms with Gasteiger partial charge in [0.2, 0.25) is 0 Å². The van der Waals surface area contributed by atoms with Gasteiger partial charge < -0.3 is 10.6 Å². The van der Waals surface area contributed by atoms with Crippen LogP contribution in [-0.4, -0.2) is 29.9 Å². The molecule has 0 aliphatic carbocycles. The van der Waals surface area contributed by atoms with Crippen LogP contribution in [0, 0.1) is 12.7 Å². The highest BCUT2D eigenvalue weighted by Crippen LogP contribution is 2.17. The lowest BCUT2D eigenvalue weighted by atomic mass is 10.1. The lowest BCUT2D eigenvalue weighted by molar-refractivity contribution is 0.0786. The van der Waals surface area contributed by atoms with Gasteiger partial charge in [-0.15, -0.1) is 0 Å². The van der Waals surface area contributed by atoms with E-state index < -0.39 is 5.82 Å². The van der Waals surface area contributed by atoms with Crippen molar-refractivity contribution in [3.8, 4) is 0 Å². The fraction of sp³-hybridized carbons (Fsp3) is 0.417. The Labute approximate surface area is 94.0 Å². The van der Waals surface area contributed by atoms with Crippen molar-refractivity contribution in [2.75, 3.05) is 13.1 Å². The average molecular weight is 222 g/mol. The standard InChI is InChI=1S/C12H15FN2O/c1-8-3-2-4-10(11(8)13)12(16)15-6-5-9(14)7-15/h2-4,9H,5-7,14H2,1H3. The maximum atomic E-state index is 13.7. The molecule has 86 valence electrons. The van der Waals surface area contributed by atoms with Gasteiger partial charge in [-0.2, -0.15) is 0 Å². The molecule has 0 saturated carbocycles. The monoisotopic (exact) mass is 222 g/mol. The first-order valence-corrected chi connectivity index (χ1v) is 5.39. The van der Waals surface area contributed by atoms with Crippen molar-refractivity contribution in [3.05, 3.63) is 35.1 Å². The summed E-state index contributed by atoms with van der Waals surface area (Å²) in [5.41, 5.74) is 6.36. The number of carbonyl (C=O) groups is 1. The number of carbonyl (C=O) groups excluding carboxylic acids is 1.